The van der Waals surface area contributed by atoms with Crippen molar-refractivity contribution in [2.24, 2.45) is 0 Å². The van der Waals surface area contributed by atoms with E-state index in [1.54, 1.807) is 0 Å². The average molecular weight is 652 g/mol. The fraction of sp³-hybridized carbons (Fsp3) is 0.0204. The zero-order valence-corrected chi connectivity index (χ0v) is 27.9. The highest BCUT2D eigenvalue weighted by atomic mass is 16.3. The van der Waals surface area contributed by atoms with E-state index in [4.69, 9.17) is 4.42 Å². The molecule has 0 spiro atoms. The number of nitrogens with zero attached hydrogens (tertiary/aromatic N) is 1. The lowest BCUT2D eigenvalue weighted by atomic mass is 9.67. The average Bonchev–Trinajstić information content (AvgIpc) is 3.74. The number of benzene rings is 8. The Labute approximate surface area is 297 Å². The first-order valence-corrected chi connectivity index (χ1v) is 17.5. The van der Waals surface area contributed by atoms with Crippen LogP contribution in [-0.2, 0) is 5.41 Å². The Morgan fingerprint density at radius 3 is 1.63 bits per heavy atom. The highest BCUT2D eigenvalue weighted by Crippen LogP contribution is 2.59. The number of hydrogen-bond donors (Lipinski definition) is 0. The summed E-state index contributed by atoms with van der Waals surface area (Å²) in [7, 11) is 0. The van der Waals surface area contributed by atoms with Gasteiger partial charge in [0.1, 0.15) is 11.2 Å². The molecule has 0 radical (unpaired) electrons. The molecule has 1 aromatic heterocycles. The van der Waals surface area contributed by atoms with Crippen molar-refractivity contribution < 1.29 is 4.42 Å². The molecule has 240 valence electrons. The number of rotatable bonds is 6. The van der Waals surface area contributed by atoms with Gasteiger partial charge in [-0.05, 0) is 87.5 Å². The van der Waals surface area contributed by atoms with Gasteiger partial charge in [0.05, 0.1) is 5.41 Å². The third kappa shape index (κ3) is 4.43. The molecule has 1 aliphatic rings. The van der Waals surface area contributed by atoms with Crippen molar-refractivity contribution in [2.45, 2.75) is 5.41 Å². The molecule has 8 aromatic carbocycles. The summed E-state index contributed by atoms with van der Waals surface area (Å²) in [4.78, 5) is 2.31. The van der Waals surface area contributed by atoms with Crippen LogP contribution in [0.25, 0.3) is 44.2 Å². The highest BCUT2D eigenvalue weighted by Gasteiger charge is 2.48. The van der Waals surface area contributed by atoms with E-state index in [0.29, 0.717) is 0 Å². The first kappa shape index (κ1) is 29.3. The molecule has 1 aliphatic carbocycles. The summed E-state index contributed by atoms with van der Waals surface area (Å²) < 4.78 is 7.09. The Kier molecular flexibility index (Phi) is 6.75. The summed E-state index contributed by atoms with van der Waals surface area (Å²) in [5.41, 5.74) is 14.3. The van der Waals surface area contributed by atoms with E-state index in [0.717, 1.165) is 50.1 Å². The van der Waals surface area contributed by atoms with Crippen molar-refractivity contribution in [3.63, 3.8) is 0 Å². The first-order chi connectivity index (χ1) is 25.3. The van der Waals surface area contributed by atoms with Crippen molar-refractivity contribution in [2.75, 3.05) is 4.90 Å². The Morgan fingerprint density at radius 1 is 0.412 bits per heavy atom. The molecule has 0 atom stereocenters. The molecular weight excluding hydrogens is 619 g/mol. The smallest absolute Gasteiger partial charge is 0.140 e. The van der Waals surface area contributed by atoms with E-state index in [2.05, 4.69) is 205 Å². The summed E-state index contributed by atoms with van der Waals surface area (Å²) >= 11 is 0. The lowest BCUT2D eigenvalue weighted by Crippen LogP contribution is -2.28. The number of anilines is 3. The summed E-state index contributed by atoms with van der Waals surface area (Å²) in [5.74, 6) is 0. The molecule has 0 amide bonds. The molecule has 0 saturated carbocycles. The van der Waals surface area contributed by atoms with Gasteiger partial charge in [0.2, 0.25) is 0 Å². The molecule has 51 heavy (non-hydrogen) atoms. The van der Waals surface area contributed by atoms with Crippen LogP contribution in [0, 0.1) is 0 Å². The minimum atomic E-state index is -0.548. The van der Waals surface area contributed by atoms with Gasteiger partial charge in [-0.25, -0.2) is 0 Å². The molecule has 1 heterocycles. The molecule has 9 aromatic rings. The van der Waals surface area contributed by atoms with Gasteiger partial charge in [-0.15, -0.1) is 0 Å². The second kappa shape index (κ2) is 11.8. The topological polar surface area (TPSA) is 16.4 Å². The van der Waals surface area contributed by atoms with Crippen molar-refractivity contribution in [3.05, 3.63) is 222 Å². The summed E-state index contributed by atoms with van der Waals surface area (Å²) in [5, 5.41) is 2.25. The molecule has 0 N–H and O–H groups in total. The standard InChI is InChI=1S/C49H33NO/c1-5-18-35(19-6-1)49(36-20-7-2-8-21-36)44-29-14-13-27-41(44)42-31-32-43-46-40(28-16-30-45(46)51-48(43)47(42)49)34-17-15-26-39(33-34)50(37-22-9-3-10-23-37)38-24-11-4-12-25-38/h1-33H. The SMILES string of the molecule is c1ccc(N(c2ccccc2)c2cccc(-c3cccc4oc5c6c(ccc5c34)-c3ccccc3C6(c3ccccc3)c3ccccc3)c2)cc1. The monoisotopic (exact) mass is 651 g/mol. The van der Waals surface area contributed by atoms with E-state index < -0.39 is 5.41 Å². The van der Waals surface area contributed by atoms with E-state index >= 15 is 0 Å². The molecule has 2 nitrogen and oxygen atoms in total. The van der Waals surface area contributed by atoms with Crippen LogP contribution in [0.5, 0.6) is 0 Å². The van der Waals surface area contributed by atoms with Gasteiger partial charge in [0.15, 0.2) is 0 Å². The Balaban J connectivity index is 1.23. The number of furan rings is 1. The molecule has 2 heteroatoms. The van der Waals surface area contributed by atoms with E-state index in [-0.39, 0.29) is 0 Å². The van der Waals surface area contributed by atoms with Gasteiger partial charge in [-0.3, -0.25) is 0 Å². The normalized spacial score (nSPS) is 12.9. The van der Waals surface area contributed by atoms with Crippen molar-refractivity contribution in [1.29, 1.82) is 0 Å². The molecular formula is C49H33NO. The maximum absolute atomic E-state index is 7.09. The predicted octanol–water partition coefficient (Wildman–Crippen LogP) is 13.1. The van der Waals surface area contributed by atoms with Gasteiger partial charge in [0.25, 0.3) is 0 Å². The molecule has 0 aliphatic heterocycles. The zero-order valence-electron chi connectivity index (χ0n) is 27.9. The predicted molar refractivity (Wildman–Crippen MR) is 211 cm³/mol. The fourth-order valence-corrected chi connectivity index (χ4v) is 8.46. The Bertz CT molecular complexity index is 2600. The summed E-state index contributed by atoms with van der Waals surface area (Å²) in [6.45, 7) is 0. The zero-order chi connectivity index (χ0) is 33.8. The van der Waals surface area contributed by atoms with Crippen molar-refractivity contribution in [1.82, 2.24) is 0 Å². The third-order valence-corrected chi connectivity index (χ3v) is 10.5. The van der Waals surface area contributed by atoms with Crippen molar-refractivity contribution >= 4 is 39.0 Å². The van der Waals surface area contributed by atoms with Gasteiger partial charge in [-0.1, -0.05) is 152 Å². The number of para-hydroxylation sites is 2. The van der Waals surface area contributed by atoms with Crippen LogP contribution in [0.3, 0.4) is 0 Å². The van der Waals surface area contributed by atoms with Crippen LogP contribution in [0.2, 0.25) is 0 Å². The minimum absolute atomic E-state index is 0.548. The number of hydrogen-bond acceptors (Lipinski definition) is 2. The van der Waals surface area contributed by atoms with Gasteiger partial charge < -0.3 is 9.32 Å². The fourth-order valence-electron chi connectivity index (χ4n) is 8.46. The second-order valence-corrected chi connectivity index (χ2v) is 13.2. The van der Waals surface area contributed by atoms with E-state index in [1.165, 1.54) is 33.4 Å². The van der Waals surface area contributed by atoms with Gasteiger partial charge in [-0.2, -0.15) is 0 Å². The lowest BCUT2D eigenvalue weighted by molar-refractivity contribution is 0.650. The number of fused-ring (bicyclic) bond motifs is 7. The van der Waals surface area contributed by atoms with Crippen LogP contribution in [-0.4, -0.2) is 0 Å². The quantitative estimate of drug-likeness (QED) is 0.178. The van der Waals surface area contributed by atoms with E-state index in [1.807, 2.05) is 0 Å². The molecule has 0 bridgehead atoms. The molecule has 0 fully saturated rings. The van der Waals surface area contributed by atoms with Crippen LogP contribution >= 0.6 is 0 Å². The van der Waals surface area contributed by atoms with Crippen LogP contribution in [0.15, 0.2) is 205 Å². The second-order valence-electron chi connectivity index (χ2n) is 13.2. The van der Waals surface area contributed by atoms with Crippen LogP contribution in [0.4, 0.5) is 17.1 Å². The first-order valence-electron chi connectivity index (χ1n) is 17.5. The van der Waals surface area contributed by atoms with Gasteiger partial charge >= 0.3 is 0 Å². The Morgan fingerprint density at radius 2 is 0.961 bits per heavy atom. The third-order valence-electron chi connectivity index (χ3n) is 10.5. The van der Waals surface area contributed by atoms with Crippen LogP contribution in [0.1, 0.15) is 22.3 Å². The van der Waals surface area contributed by atoms with Gasteiger partial charge in [0, 0.05) is 33.4 Å². The summed E-state index contributed by atoms with van der Waals surface area (Å²) in [6.07, 6.45) is 0. The minimum Gasteiger partial charge on any atom is -0.456 e. The maximum Gasteiger partial charge on any atom is 0.140 e. The summed E-state index contributed by atoms with van der Waals surface area (Å²) in [6, 6.07) is 71.8. The maximum atomic E-state index is 7.09. The molecule has 10 rings (SSSR count). The van der Waals surface area contributed by atoms with Crippen LogP contribution < -0.4 is 4.90 Å². The lowest BCUT2D eigenvalue weighted by Gasteiger charge is -2.33. The Hall–Kier alpha value is -6.64. The largest absolute Gasteiger partial charge is 0.456 e. The van der Waals surface area contributed by atoms with E-state index in [9.17, 15) is 0 Å². The molecule has 0 saturated heterocycles. The highest BCUT2D eigenvalue weighted by molar-refractivity contribution is 6.15. The molecule has 0 unspecified atom stereocenters. The van der Waals surface area contributed by atoms with Crippen molar-refractivity contribution in [3.8, 4) is 22.3 Å².